The first-order valence-electron chi connectivity index (χ1n) is 9.69. The number of likely N-dealkylation sites (N-methyl/N-ethyl adjacent to an activating group) is 1. The van der Waals surface area contributed by atoms with E-state index in [0.717, 1.165) is 60.2 Å². The first-order chi connectivity index (χ1) is 14.2. The maximum Gasteiger partial charge on any atom is 0.155 e. The Morgan fingerprint density at radius 1 is 0.828 bits per heavy atom. The van der Waals surface area contributed by atoms with Gasteiger partial charge >= 0.3 is 0 Å². The minimum atomic E-state index is 0.707. The Kier molecular flexibility index (Phi) is 4.66. The number of nitrogens with zero attached hydrogens (tertiary/aromatic N) is 6. The molecule has 7 heteroatoms. The maximum absolute atomic E-state index is 6.10. The third kappa shape index (κ3) is 3.45. The number of anilines is 1. The lowest BCUT2D eigenvalue weighted by Crippen LogP contribution is -2.44. The number of rotatable bonds is 3. The molecule has 3 aromatic heterocycles. The van der Waals surface area contributed by atoms with Gasteiger partial charge in [-0.15, -0.1) is 5.10 Å². The zero-order chi connectivity index (χ0) is 19.8. The van der Waals surface area contributed by atoms with Gasteiger partial charge in [0.05, 0.1) is 5.69 Å². The van der Waals surface area contributed by atoms with Crippen molar-refractivity contribution >= 4 is 23.1 Å². The first-order valence-corrected chi connectivity index (χ1v) is 10.1. The highest BCUT2D eigenvalue weighted by Crippen LogP contribution is 2.33. The second kappa shape index (κ2) is 7.46. The Morgan fingerprint density at radius 3 is 2.28 bits per heavy atom. The number of imidazole rings is 1. The van der Waals surface area contributed by atoms with E-state index in [0.29, 0.717) is 5.02 Å². The summed E-state index contributed by atoms with van der Waals surface area (Å²) < 4.78 is 1.95. The predicted molar refractivity (Wildman–Crippen MR) is 116 cm³/mol. The molecule has 146 valence electrons. The number of hydrogen-bond donors (Lipinski definition) is 0. The minimum absolute atomic E-state index is 0.707. The van der Waals surface area contributed by atoms with E-state index in [1.54, 1.807) is 12.4 Å². The highest BCUT2D eigenvalue weighted by molar-refractivity contribution is 6.30. The summed E-state index contributed by atoms with van der Waals surface area (Å²) in [5.74, 6) is 0.973. The van der Waals surface area contributed by atoms with Crippen molar-refractivity contribution in [2.24, 2.45) is 0 Å². The summed E-state index contributed by atoms with van der Waals surface area (Å²) in [6.45, 7) is 4.02. The topological polar surface area (TPSA) is 49.6 Å². The van der Waals surface area contributed by atoms with E-state index >= 15 is 0 Å². The van der Waals surface area contributed by atoms with Gasteiger partial charge in [-0.3, -0.25) is 4.98 Å². The smallest absolute Gasteiger partial charge is 0.155 e. The van der Waals surface area contributed by atoms with Crippen LogP contribution in [-0.4, -0.2) is 57.7 Å². The van der Waals surface area contributed by atoms with E-state index in [1.165, 1.54) is 0 Å². The molecule has 0 aliphatic carbocycles. The van der Waals surface area contributed by atoms with Gasteiger partial charge in [0.1, 0.15) is 11.5 Å². The minimum Gasteiger partial charge on any atom is -0.353 e. The molecule has 1 saturated heterocycles. The van der Waals surface area contributed by atoms with E-state index in [2.05, 4.69) is 27.9 Å². The van der Waals surface area contributed by atoms with E-state index in [1.807, 2.05) is 47.0 Å². The summed E-state index contributed by atoms with van der Waals surface area (Å²) in [6, 6.07) is 15.9. The van der Waals surface area contributed by atoms with Crippen molar-refractivity contribution in [2.75, 3.05) is 38.1 Å². The lowest BCUT2D eigenvalue weighted by atomic mass is 10.1. The number of hydrogen-bond acceptors (Lipinski definition) is 5. The fourth-order valence-electron chi connectivity index (χ4n) is 3.71. The monoisotopic (exact) mass is 404 g/mol. The number of benzene rings is 1. The molecule has 4 heterocycles. The van der Waals surface area contributed by atoms with Crippen LogP contribution in [0.15, 0.2) is 60.9 Å². The van der Waals surface area contributed by atoms with Crippen LogP contribution in [0.2, 0.25) is 5.02 Å². The Hall–Kier alpha value is -2.96. The standard InChI is InChI=1S/C22H21ClN6/c1-27-12-14-28(15-13-27)20-7-6-19-25-21(16-2-4-18(23)5-3-16)22(29(19)26-20)17-8-10-24-11-9-17/h2-11H,12-15H2,1H3. The molecule has 0 atom stereocenters. The molecule has 1 aromatic carbocycles. The molecule has 0 saturated carbocycles. The lowest BCUT2D eigenvalue weighted by Gasteiger charge is -2.33. The molecule has 0 spiro atoms. The van der Waals surface area contributed by atoms with Gasteiger partial charge in [-0.1, -0.05) is 23.7 Å². The highest BCUT2D eigenvalue weighted by atomic mass is 35.5. The highest BCUT2D eigenvalue weighted by Gasteiger charge is 2.20. The molecule has 1 aliphatic rings. The van der Waals surface area contributed by atoms with Crippen molar-refractivity contribution in [1.82, 2.24) is 24.5 Å². The Labute approximate surface area is 174 Å². The van der Waals surface area contributed by atoms with Crippen LogP contribution in [0.3, 0.4) is 0 Å². The van der Waals surface area contributed by atoms with Crippen LogP contribution in [0, 0.1) is 0 Å². The number of halogens is 1. The van der Waals surface area contributed by atoms with Crippen molar-refractivity contribution < 1.29 is 0 Å². The molecule has 0 unspecified atom stereocenters. The van der Waals surface area contributed by atoms with Crippen molar-refractivity contribution in [3.05, 3.63) is 65.9 Å². The van der Waals surface area contributed by atoms with Crippen molar-refractivity contribution in [2.45, 2.75) is 0 Å². The fraction of sp³-hybridized carbons (Fsp3) is 0.227. The van der Waals surface area contributed by atoms with Crippen molar-refractivity contribution in [3.8, 4) is 22.5 Å². The average Bonchev–Trinajstić information content (AvgIpc) is 3.14. The van der Waals surface area contributed by atoms with Gasteiger partial charge in [-0.05, 0) is 43.4 Å². The quantitative estimate of drug-likeness (QED) is 0.519. The molecule has 29 heavy (non-hydrogen) atoms. The predicted octanol–water partition coefficient (Wildman–Crippen LogP) is 3.86. The third-order valence-electron chi connectivity index (χ3n) is 5.36. The van der Waals surface area contributed by atoms with Gasteiger partial charge in [0.15, 0.2) is 5.65 Å². The molecular formula is C22H21ClN6. The molecule has 1 aliphatic heterocycles. The SMILES string of the molecule is CN1CCN(c2ccc3nc(-c4ccc(Cl)cc4)c(-c4ccncc4)n3n2)CC1. The normalized spacial score (nSPS) is 15.2. The van der Waals surface area contributed by atoms with Crippen LogP contribution in [0.4, 0.5) is 5.82 Å². The van der Waals surface area contributed by atoms with Gasteiger partial charge < -0.3 is 9.80 Å². The summed E-state index contributed by atoms with van der Waals surface area (Å²) in [5.41, 5.74) is 4.70. The zero-order valence-electron chi connectivity index (χ0n) is 16.2. The largest absolute Gasteiger partial charge is 0.353 e. The molecule has 4 aromatic rings. The molecule has 0 bridgehead atoms. The molecule has 0 N–H and O–H groups in total. The van der Waals surface area contributed by atoms with Gasteiger partial charge in [-0.25, -0.2) is 9.50 Å². The lowest BCUT2D eigenvalue weighted by molar-refractivity contribution is 0.311. The Bertz CT molecular complexity index is 1130. The van der Waals surface area contributed by atoms with Gasteiger partial charge in [0.2, 0.25) is 0 Å². The van der Waals surface area contributed by atoms with E-state index in [4.69, 9.17) is 21.7 Å². The van der Waals surface area contributed by atoms with Crippen LogP contribution in [-0.2, 0) is 0 Å². The average molecular weight is 405 g/mol. The maximum atomic E-state index is 6.10. The van der Waals surface area contributed by atoms with Gasteiger partial charge in [0.25, 0.3) is 0 Å². The van der Waals surface area contributed by atoms with Gasteiger partial charge in [-0.2, -0.15) is 0 Å². The Morgan fingerprint density at radius 2 is 1.55 bits per heavy atom. The van der Waals surface area contributed by atoms with Crippen LogP contribution >= 0.6 is 11.6 Å². The molecule has 0 amide bonds. The van der Waals surface area contributed by atoms with E-state index < -0.39 is 0 Å². The summed E-state index contributed by atoms with van der Waals surface area (Å²) >= 11 is 6.10. The first kappa shape index (κ1) is 18.1. The second-order valence-electron chi connectivity index (χ2n) is 7.30. The fourth-order valence-corrected chi connectivity index (χ4v) is 3.83. The Balaban J connectivity index is 1.68. The molecule has 6 nitrogen and oxygen atoms in total. The van der Waals surface area contributed by atoms with Crippen LogP contribution < -0.4 is 4.90 Å². The summed E-state index contributed by atoms with van der Waals surface area (Å²) in [4.78, 5) is 13.7. The molecule has 5 rings (SSSR count). The molecular weight excluding hydrogens is 384 g/mol. The number of piperazine rings is 1. The summed E-state index contributed by atoms with van der Waals surface area (Å²) in [5, 5.41) is 5.69. The number of pyridine rings is 1. The number of fused-ring (bicyclic) bond motifs is 1. The van der Waals surface area contributed by atoms with Crippen molar-refractivity contribution in [3.63, 3.8) is 0 Å². The molecule has 0 radical (unpaired) electrons. The number of aromatic nitrogens is 4. The van der Waals surface area contributed by atoms with Crippen LogP contribution in [0.25, 0.3) is 28.2 Å². The van der Waals surface area contributed by atoms with Gasteiger partial charge in [0, 0.05) is 54.7 Å². The summed E-state index contributed by atoms with van der Waals surface area (Å²) in [7, 11) is 2.16. The zero-order valence-corrected chi connectivity index (χ0v) is 16.9. The third-order valence-corrected chi connectivity index (χ3v) is 5.61. The van der Waals surface area contributed by atoms with Crippen molar-refractivity contribution in [1.29, 1.82) is 0 Å². The van der Waals surface area contributed by atoms with Crippen LogP contribution in [0.5, 0.6) is 0 Å². The van der Waals surface area contributed by atoms with E-state index in [9.17, 15) is 0 Å². The molecule has 1 fully saturated rings. The van der Waals surface area contributed by atoms with E-state index in [-0.39, 0.29) is 0 Å². The second-order valence-corrected chi connectivity index (χ2v) is 7.74. The summed E-state index contributed by atoms with van der Waals surface area (Å²) in [6.07, 6.45) is 3.59. The van der Waals surface area contributed by atoms with Crippen LogP contribution in [0.1, 0.15) is 0 Å².